The van der Waals surface area contributed by atoms with Crippen LogP contribution in [0.4, 0.5) is 17.1 Å². The maximum Gasteiger partial charge on any atom is 0.0992 e. The van der Waals surface area contributed by atoms with E-state index in [1.54, 1.807) is 12.1 Å². The zero-order valence-electron chi connectivity index (χ0n) is 10.6. The molecule has 0 atom stereocenters. The Hall–Kier alpha value is -1.99. The van der Waals surface area contributed by atoms with Gasteiger partial charge in [-0.25, -0.2) is 0 Å². The predicted octanol–water partition coefficient (Wildman–Crippen LogP) is 4.21. The van der Waals surface area contributed by atoms with Gasteiger partial charge in [-0.1, -0.05) is 22.9 Å². The summed E-state index contributed by atoms with van der Waals surface area (Å²) in [6.45, 7) is 2.11. The van der Waals surface area contributed by atoms with Crippen LogP contribution in [0.25, 0.3) is 0 Å². The number of hydrogen-bond acceptors (Lipinski definition) is 3. The third kappa shape index (κ3) is 3.07. The van der Waals surface area contributed by atoms with Crippen LogP contribution < -0.4 is 11.1 Å². The number of rotatable bonds is 3. The molecule has 0 aliphatic heterocycles. The number of nitrogens with zero attached hydrogens (tertiary/aromatic N) is 1. The fraction of sp³-hybridized carbons (Fsp3) is 0.133. The van der Waals surface area contributed by atoms with E-state index in [0.29, 0.717) is 11.3 Å². The first-order chi connectivity index (χ1) is 9.13. The van der Waals surface area contributed by atoms with Gasteiger partial charge in [0, 0.05) is 10.2 Å². The molecule has 19 heavy (non-hydrogen) atoms. The van der Waals surface area contributed by atoms with Gasteiger partial charge in [-0.05, 0) is 48.4 Å². The molecule has 0 saturated heterocycles. The van der Waals surface area contributed by atoms with Gasteiger partial charge in [-0.2, -0.15) is 5.26 Å². The summed E-state index contributed by atoms with van der Waals surface area (Å²) in [7, 11) is 0. The molecule has 0 radical (unpaired) electrons. The molecule has 0 aliphatic carbocycles. The molecule has 3 N–H and O–H groups in total. The molecule has 0 unspecified atom stereocenters. The molecule has 3 nitrogen and oxygen atoms in total. The van der Waals surface area contributed by atoms with Crippen molar-refractivity contribution in [1.29, 1.82) is 5.26 Å². The number of aryl methyl sites for hydroxylation is 1. The highest BCUT2D eigenvalue weighted by molar-refractivity contribution is 9.10. The lowest BCUT2D eigenvalue weighted by molar-refractivity contribution is 1.14. The number of benzene rings is 2. The van der Waals surface area contributed by atoms with Crippen molar-refractivity contribution < 1.29 is 0 Å². The molecule has 4 heteroatoms. The highest BCUT2D eigenvalue weighted by Gasteiger charge is 2.05. The molecule has 0 aliphatic rings. The summed E-state index contributed by atoms with van der Waals surface area (Å²) in [6.07, 6.45) is 0.929. The predicted molar refractivity (Wildman–Crippen MR) is 82.4 cm³/mol. The van der Waals surface area contributed by atoms with Crippen LogP contribution in [-0.4, -0.2) is 0 Å². The van der Waals surface area contributed by atoms with Crippen molar-refractivity contribution in [3.63, 3.8) is 0 Å². The second-order valence-electron chi connectivity index (χ2n) is 4.19. The van der Waals surface area contributed by atoms with E-state index < -0.39 is 0 Å². The van der Waals surface area contributed by atoms with E-state index in [-0.39, 0.29) is 0 Å². The first-order valence-electron chi connectivity index (χ1n) is 5.99. The topological polar surface area (TPSA) is 61.8 Å². The van der Waals surface area contributed by atoms with Crippen molar-refractivity contribution in [3.05, 3.63) is 52.0 Å². The zero-order chi connectivity index (χ0) is 13.8. The van der Waals surface area contributed by atoms with E-state index >= 15 is 0 Å². The van der Waals surface area contributed by atoms with Gasteiger partial charge in [0.25, 0.3) is 0 Å². The Morgan fingerprint density at radius 3 is 2.58 bits per heavy atom. The lowest BCUT2D eigenvalue weighted by atomic mass is 10.1. The summed E-state index contributed by atoms with van der Waals surface area (Å²) in [5.74, 6) is 0. The van der Waals surface area contributed by atoms with Gasteiger partial charge in [-0.3, -0.25) is 0 Å². The normalized spacial score (nSPS) is 9.95. The molecular formula is C15H14BrN3. The van der Waals surface area contributed by atoms with Gasteiger partial charge in [-0.15, -0.1) is 0 Å². The number of nitrogen functional groups attached to an aromatic ring is 1. The lowest BCUT2D eigenvalue weighted by Gasteiger charge is -2.13. The highest BCUT2D eigenvalue weighted by Crippen LogP contribution is 2.28. The molecular weight excluding hydrogens is 302 g/mol. The minimum atomic E-state index is 0.564. The smallest absolute Gasteiger partial charge is 0.0992 e. The Morgan fingerprint density at radius 2 is 1.95 bits per heavy atom. The monoisotopic (exact) mass is 315 g/mol. The molecule has 2 aromatic rings. The van der Waals surface area contributed by atoms with Crippen LogP contribution in [-0.2, 0) is 6.42 Å². The fourth-order valence-electron chi connectivity index (χ4n) is 1.87. The molecule has 0 saturated carbocycles. The standard InChI is InChI=1S/C15H14BrN3/c1-2-11-8-12(16)4-6-14(11)19-15-5-3-10(9-17)7-13(15)18/h3-8,19H,2,18H2,1H3. The number of anilines is 3. The van der Waals surface area contributed by atoms with E-state index in [1.165, 1.54) is 5.56 Å². The molecule has 2 aromatic carbocycles. The molecule has 0 aromatic heterocycles. The highest BCUT2D eigenvalue weighted by atomic mass is 79.9. The average molecular weight is 316 g/mol. The second-order valence-corrected chi connectivity index (χ2v) is 5.11. The van der Waals surface area contributed by atoms with Crippen LogP contribution in [0.15, 0.2) is 40.9 Å². The van der Waals surface area contributed by atoms with Crippen molar-refractivity contribution in [2.45, 2.75) is 13.3 Å². The largest absolute Gasteiger partial charge is 0.397 e. The van der Waals surface area contributed by atoms with Crippen LogP contribution in [0.2, 0.25) is 0 Å². The van der Waals surface area contributed by atoms with Crippen LogP contribution in [0, 0.1) is 11.3 Å². The van der Waals surface area contributed by atoms with Gasteiger partial charge in [0.1, 0.15) is 0 Å². The van der Waals surface area contributed by atoms with Gasteiger partial charge in [0.15, 0.2) is 0 Å². The van der Waals surface area contributed by atoms with Crippen molar-refractivity contribution in [3.8, 4) is 6.07 Å². The number of hydrogen-bond donors (Lipinski definition) is 2. The van der Waals surface area contributed by atoms with Crippen molar-refractivity contribution in [1.82, 2.24) is 0 Å². The van der Waals surface area contributed by atoms with E-state index in [2.05, 4.69) is 40.3 Å². The minimum absolute atomic E-state index is 0.564. The Balaban J connectivity index is 2.34. The third-order valence-electron chi connectivity index (χ3n) is 2.90. The summed E-state index contributed by atoms with van der Waals surface area (Å²) < 4.78 is 1.06. The summed E-state index contributed by atoms with van der Waals surface area (Å²) in [5, 5.41) is 12.1. The number of nitriles is 1. The summed E-state index contributed by atoms with van der Waals surface area (Å²) >= 11 is 3.47. The van der Waals surface area contributed by atoms with Crippen molar-refractivity contribution in [2.24, 2.45) is 0 Å². The number of halogens is 1. The van der Waals surface area contributed by atoms with E-state index in [9.17, 15) is 0 Å². The summed E-state index contributed by atoms with van der Waals surface area (Å²) in [4.78, 5) is 0. The van der Waals surface area contributed by atoms with E-state index in [4.69, 9.17) is 11.0 Å². The van der Waals surface area contributed by atoms with E-state index in [1.807, 2.05) is 18.2 Å². The summed E-state index contributed by atoms with van der Waals surface area (Å²) in [5.41, 5.74) is 10.1. The lowest BCUT2D eigenvalue weighted by Crippen LogP contribution is -1.99. The number of nitrogens with two attached hydrogens (primary N) is 1. The van der Waals surface area contributed by atoms with E-state index in [0.717, 1.165) is 22.3 Å². The molecule has 0 bridgehead atoms. The third-order valence-corrected chi connectivity index (χ3v) is 3.39. The molecule has 0 heterocycles. The summed E-state index contributed by atoms with van der Waals surface area (Å²) in [6, 6.07) is 13.4. The van der Waals surface area contributed by atoms with Gasteiger partial charge in [0.05, 0.1) is 23.0 Å². The van der Waals surface area contributed by atoms with Gasteiger partial charge < -0.3 is 11.1 Å². The zero-order valence-corrected chi connectivity index (χ0v) is 12.2. The first kappa shape index (κ1) is 13.4. The SMILES string of the molecule is CCc1cc(Br)ccc1Nc1ccc(C#N)cc1N. The van der Waals surface area contributed by atoms with Crippen LogP contribution in [0.5, 0.6) is 0 Å². The molecule has 0 amide bonds. The molecule has 96 valence electrons. The van der Waals surface area contributed by atoms with Crippen molar-refractivity contribution >= 4 is 33.0 Å². The van der Waals surface area contributed by atoms with Crippen LogP contribution in [0.1, 0.15) is 18.1 Å². The maximum absolute atomic E-state index is 8.82. The Kier molecular flexibility index (Phi) is 4.08. The second kappa shape index (κ2) is 5.77. The Labute approximate surface area is 121 Å². The molecule has 0 spiro atoms. The molecule has 0 fully saturated rings. The number of nitrogens with one attached hydrogen (secondary N) is 1. The van der Waals surface area contributed by atoms with Crippen LogP contribution in [0.3, 0.4) is 0 Å². The Bertz CT molecular complexity index is 644. The van der Waals surface area contributed by atoms with Crippen molar-refractivity contribution in [2.75, 3.05) is 11.1 Å². The molecule has 2 rings (SSSR count). The van der Waals surface area contributed by atoms with Gasteiger partial charge in [0.2, 0.25) is 0 Å². The van der Waals surface area contributed by atoms with Crippen LogP contribution >= 0.6 is 15.9 Å². The quantitative estimate of drug-likeness (QED) is 0.834. The first-order valence-corrected chi connectivity index (χ1v) is 6.78. The fourth-order valence-corrected chi connectivity index (χ4v) is 2.28. The minimum Gasteiger partial charge on any atom is -0.397 e. The maximum atomic E-state index is 8.82. The van der Waals surface area contributed by atoms with Gasteiger partial charge >= 0.3 is 0 Å². The Morgan fingerprint density at radius 1 is 1.21 bits per heavy atom. The average Bonchev–Trinajstić information content (AvgIpc) is 2.42.